The minimum atomic E-state index is -1.03. The number of carboxylic acids is 1. The number of carbonyl (C=O) groups is 1. The van der Waals surface area contributed by atoms with Gasteiger partial charge in [-0.3, -0.25) is 10.1 Å². The van der Waals surface area contributed by atoms with Crippen LogP contribution < -0.4 is 5.32 Å². The molecule has 7 nitrogen and oxygen atoms in total. The van der Waals surface area contributed by atoms with Crippen LogP contribution in [0.25, 0.3) is 0 Å². The molecule has 18 heavy (non-hydrogen) atoms. The minimum absolute atomic E-state index is 0.101. The van der Waals surface area contributed by atoms with Crippen molar-refractivity contribution in [2.45, 2.75) is 19.4 Å². The number of nitro groups is 1. The predicted molar refractivity (Wildman–Crippen MR) is 65.5 cm³/mol. The smallest absolute Gasteiger partial charge is 0.326 e. The number of anilines is 1. The maximum Gasteiger partial charge on any atom is 0.326 e. The van der Waals surface area contributed by atoms with E-state index < -0.39 is 16.9 Å². The van der Waals surface area contributed by atoms with Gasteiger partial charge in [0.25, 0.3) is 5.69 Å². The highest BCUT2D eigenvalue weighted by Gasteiger charge is 2.17. The monoisotopic (exact) mass is 251 g/mol. The van der Waals surface area contributed by atoms with Gasteiger partial charge < -0.3 is 10.4 Å². The molecule has 1 rings (SSSR count). The highest BCUT2D eigenvalue weighted by molar-refractivity contribution is 5.77. The second-order valence-corrected chi connectivity index (χ2v) is 3.62. The molecule has 0 saturated heterocycles. The van der Waals surface area contributed by atoms with Crippen LogP contribution in [0.2, 0.25) is 0 Å². The van der Waals surface area contributed by atoms with E-state index in [1.807, 2.05) is 0 Å². The van der Waals surface area contributed by atoms with Gasteiger partial charge in [0.05, 0.1) is 4.92 Å². The second kappa shape index (κ2) is 5.76. The first-order valence-electron chi connectivity index (χ1n) is 5.18. The van der Waals surface area contributed by atoms with Gasteiger partial charge in [0.1, 0.15) is 17.6 Å². The summed E-state index contributed by atoms with van der Waals surface area (Å²) in [5.41, 5.74) is 0.129. The molecule has 96 valence electrons. The molecule has 2 N–H and O–H groups in total. The molecule has 0 aliphatic rings. The first kappa shape index (κ1) is 13.6. The predicted octanol–water partition coefficient (Wildman–Crippen LogP) is 1.74. The zero-order valence-electron chi connectivity index (χ0n) is 9.79. The first-order chi connectivity index (χ1) is 8.45. The van der Waals surface area contributed by atoms with Crippen molar-refractivity contribution in [1.29, 1.82) is 0 Å². The maximum absolute atomic E-state index is 10.9. The Morgan fingerprint density at radius 2 is 2.39 bits per heavy atom. The van der Waals surface area contributed by atoms with Crippen LogP contribution in [0.1, 0.15) is 12.1 Å². The summed E-state index contributed by atoms with van der Waals surface area (Å²) >= 11 is 0. The van der Waals surface area contributed by atoms with Crippen LogP contribution in [0.4, 0.5) is 11.5 Å². The molecule has 0 amide bonds. The molecule has 0 aliphatic carbocycles. The molecule has 1 aromatic heterocycles. The number of nitrogens with one attached hydrogen (secondary N) is 1. The summed E-state index contributed by atoms with van der Waals surface area (Å²) in [5.74, 6) is -0.750. The molecule has 0 aliphatic heterocycles. The van der Waals surface area contributed by atoms with E-state index in [0.29, 0.717) is 0 Å². The SMILES string of the molecule is C=CCC(Nc1ccc([N+](=O)[O-])c(C)n1)C(=O)O. The zero-order chi connectivity index (χ0) is 13.7. The number of aryl methyl sites for hydroxylation is 1. The fourth-order valence-electron chi connectivity index (χ4n) is 1.39. The topological polar surface area (TPSA) is 105 Å². The molecule has 1 aromatic rings. The van der Waals surface area contributed by atoms with Gasteiger partial charge in [0.2, 0.25) is 0 Å². The van der Waals surface area contributed by atoms with E-state index in [4.69, 9.17) is 5.11 Å². The normalized spacial score (nSPS) is 11.6. The molecule has 1 heterocycles. The molecule has 0 fully saturated rings. The number of nitrogens with zero attached hydrogens (tertiary/aromatic N) is 2. The Morgan fingerprint density at radius 3 is 2.83 bits per heavy atom. The summed E-state index contributed by atoms with van der Waals surface area (Å²) in [6.45, 7) is 4.96. The number of carboxylic acid groups (broad SMARTS) is 1. The number of aliphatic carboxylic acids is 1. The number of hydrogen-bond acceptors (Lipinski definition) is 5. The van der Waals surface area contributed by atoms with Crippen LogP contribution in [0.3, 0.4) is 0 Å². The average Bonchev–Trinajstić information content (AvgIpc) is 2.27. The standard InChI is InChI=1S/C11H13N3O4/c1-3-4-8(11(15)16)13-10-6-5-9(14(17)18)7(2)12-10/h3,5-6,8H,1,4H2,2H3,(H,12,13)(H,15,16). The summed E-state index contributed by atoms with van der Waals surface area (Å²) in [4.78, 5) is 24.9. The summed E-state index contributed by atoms with van der Waals surface area (Å²) in [5, 5.41) is 22.2. The number of rotatable bonds is 6. The van der Waals surface area contributed by atoms with Crippen LogP contribution >= 0.6 is 0 Å². The number of aromatic nitrogens is 1. The highest BCUT2D eigenvalue weighted by Crippen LogP contribution is 2.18. The zero-order valence-corrected chi connectivity index (χ0v) is 9.79. The van der Waals surface area contributed by atoms with E-state index in [2.05, 4.69) is 16.9 Å². The second-order valence-electron chi connectivity index (χ2n) is 3.62. The molecule has 0 aromatic carbocycles. The van der Waals surface area contributed by atoms with Crippen LogP contribution in [0.15, 0.2) is 24.8 Å². The van der Waals surface area contributed by atoms with Gasteiger partial charge >= 0.3 is 5.97 Å². The highest BCUT2D eigenvalue weighted by atomic mass is 16.6. The van der Waals surface area contributed by atoms with Gasteiger partial charge in [0.15, 0.2) is 0 Å². The summed E-state index contributed by atoms with van der Waals surface area (Å²) in [7, 11) is 0. The molecule has 0 spiro atoms. The lowest BCUT2D eigenvalue weighted by molar-refractivity contribution is -0.385. The van der Waals surface area contributed by atoms with Crippen molar-refractivity contribution < 1.29 is 14.8 Å². The van der Waals surface area contributed by atoms with E-state index in [1.54, 1.807) is 0 Å². The third-order valence-corrected chi connectivity index (χ3v) is 2.28. The lowest BCUT2D eigenvalue weighted by Crippen LogP contribution is -2.29. The van der Waals surface area contributed by atoms with Crippen molar-refractivity contribution in [1.82, 2.24) is 4.98 Å². The number of pyridine rings is 1. The largest absolute Gasteiger partial charge is 0.480 e. The molecule has 0 saturated carbocycles. The molecule has 0 bridgehead atoms. The third kappa shape index (κ3) is 3.27. The van der Waals surface area contributed by atoms with E-state index in [-0.39, 0.29) is 23.6 Å². The molecule has 7 heteroatoms. The van der Waals surface area contributed by atoms with Crippen molar-refractivity contribution in [3.63, 3.8) is 0 Å². The molecular formula is C11H13N3O4. The minimum Gasteiger partial charge on any atom is -0.480 e. The molecular weight excluding hydrogens is 238 g/mol. The summed E-state index contributed by atoms with van der Waals surface area (Å²) in [6, 6.07) is 1.82. The maximum atomic E-state index is 10.9. The van der Waals surface area contributed by atoms with Gasteiger partial charge in [-0.15, -0.1) is 6.58 Å². The number of hydrogen-bond donors (Lipinski definition) is 2. The molecule has 0 radical (unpaired) electrons. The van der Waals surface area contributed by atoms with E-state index in [0.717, 1.165) is 0 Å². The fraction of sp³-hybridized carbons (Fsp3) is 0.273. The van der Waals surface area contributed by atoms with Crippen molar-refractivity contribution in [2.75, 3.05) is 5.32 Å². The van der Waals surface area contributed by atoms with Gasteiger partial charge in [0, 0.05) is 6.07 Å². The first-order valence-corrected chi connectivity index (χ1v) is 5.18. The van der Waals surface area contributed by atoms with Crippen molar-refractivity contribution in [3.8, 4) is 0 Å². The van der Waals surface area contributed by atoms with Crippen LogP contribution in [-0.4, -0.2) is 27.0 Å². The quantitative estimate of drug-likeness (QED) is 0.453. The fourth-order valence-corrected chi connectivity index (χ4v) is 1.39. The Morgan fingerprint density at radius 1 is 1.72 bits per heavy atom. The lowest BCUT2D eigenvalue weighted by atomic mass is 10.2. The van der Waals surface area contributed by atoms with Gasteiger partial charge in [-0.1, -0.05) is 6.08 Å². The van der Waals surface area contributed by atoms with E-state index in [9.17, 15) is 14.9 Å². The lowest BCUT2D eigenvalue weighted by Gasteiger charge is -2.13. The average molecular weight is 251 g/mol. The molecule has 1 atom stereocenters. The third-order valence-electron chi connectivity index (χ3n) is 2.28. The Balaban J connectivity index is 2.91. The van der Waals surface area contributed by atoms with Gasteiger partial charge in [-0.05, 0) is 19.4 Å². The van der Waals surface area contributed by atoms with Gasteiger partial charge in [-0.25, -0.2) is 9.78 Å². The van der Waals surface area contributed by atoms with E-state index in [1.165, 1.54) is 25.1 Å². The Labute approximate surface area is 103 Å². The van der Waals surface area contributed by atoms with E-state index >= 15 is 0 Å². The summed E-state index contributed by atoms with van der Waals surface area (Å²) < 4.78 is 0. The molecule has 1 unspecified atom stereocenters. The van der Waals surface area contributed by atoms with Crippen molar-refractivity contribution in [2.24, 2.45) is 0 Å². The summed E-state index contributed by atoms with van der Waals surface area (Å²) in [6.07, 6.45) is 1.71. The van der Waals surface area contributed by atoms with Crippen molar-refractivity contribution in [3.05, 3.63) is 40.6 Å². The van der Waals surface area contributed by atoms with Crippen LogP contribution in [0.5, 0.6) is 0 Å². The van der Waals surface area contributed by atoms with Crippen molar-refractivity contribution >= 4 is 17.5 Å². The van der Waals surface area contributed by atoms with Crippen LogP contribution in [-0.2, 0) is 4.79 Å². The Hall–Kier alpha value is -2.44. The Bertz CT molecular complexity index is 487. The van der Waals surface area contributed by atoms with Gasteiger partial charge in [-0.2, -0.15) is 0 Å². The Kier molecular flexibility index (Phi) is 4.36. The van der Waals surface area contributed by atoms with Crippen LogP contribution in [0, 0.1) is 17.0 Å².